The summed E-state index contributed by atoms with van der Waals surface area (Å²) in [5.41, 5.74) is 1.90. The fraction of sp³-hybridized carbons (Fsp3) is 0.600. The molecular weight excluding hydrogens is 439 g/mol. The summed E-state index contributed by atoms with van der Waals surface area (Å²) in [6.07, 6.45) is 6.18. The van der Waals surface area contributed by atoms with Gasteiger partial charge in [0.2, 0.25) is 0 Å². The number of guanidine groups is 1. The fourth-order valence-electron chi connectivity index (χ4n) is 2.76. The molecule has 0 heterocycles. The molecule has 0 saturated heterocycles. The third-order valence-corrected chi connectivity index (χ3v) is 4.37. The first-order chi connectivity index (χ1) is 12.1. The summed E-state index contributed by atoms with van der Waals surface area (Å²) in [7, 11) is 3.55. The Morgan fingerprint density at radius 3 is 2.69 bits per heavy atom. The second kappa shape index (κ2) is 12.1. The van der Waals surface area contributed by atoms with E-state index in [2.05, 4.69) is 28.6 Å². The third-order valence-electron chi connectivity index (χ3n) is 4.37. The van der Waals surface area contributed by atoms with Crippen molar-refractivity contribution in [2.75, 3.05) is 33.7 Å². The second-order valence-electron chi connectivity index (χ2n) is 6.92. The average molecular weight is 472 g/mol. The molecule has 1 fully saturated rings. The first-order valence-corrected chi connectivity index (χ1v) is 9.43. The molecule has 0 aromatic heterocycles. The van der Waals surface area contributed by atoms with E-state index in [1.807, 2.05) is 18.2 Å². The molecule has 2 N–H and O–H groups in total. The molecule has 0 spiro atoms. The Morgan fingerprint density at radius 1 is 1.27 bits per heavy atom. The van der Waals surface area contributed by atoms with Crippen molar-refractivity contribution in [3.05, 3.63) is 35.4 Å². The van der Waals surface area contributed by atoms with E-state index in [0.29, 0.717) is 0 Å². The number of halogens is 1. The third kappa shape index (κ3) is 8.38. The fourth-order valence-corrected chi connectivity index (χ4v) is 2.76. The summed E-state index contributed by atoms with van der Waals surface area (Å²) in [6.45, 7) is 4.63. The molecule has 6 heteroatoms. The Kier molecular flexibility index (Phi) is 10.6. The highest BCUT2D eigenvalue weighted by Gasteiger charge is 2.19. The molecule has 146 valence electrons. The number of aliphatic imine (C=N–C) groups is 1. The van der Waals surface area contributed by atoms with Gasteiger partial charge >= 0.3 is 0 Å². The normalized spacial score (nSPS) is 13.7. The molecule has 0 aliphatic heterocycles. The lowest BCUT2D eigenvalue weighted by Gasteiger charge is -2.13. The highest BCUT2D eigenvalue weighted by atomic mass is 127. The number of carbonyl (C=O) groups is 1. The van der Waals surface area contributed by atoms with Gasteiger partial charge < -0.3 is 15.5 Å². The lowest BCUT2D eigenvalue weighted by atomic mass is 10.1. The van der Waals surface area contributed by atoms with Gasteiger partial charge in [0.05, 0.1) is 0 Å². The zero-order valence-electron chi connectivity index (χ0n) is 16.3. The molecule has 5 nitrogen and oxygen atoms in total. The zero-order valence-corrected chi connectivity index (χ0v) is 18.6. The van der Waals surface area contributed by atoms with Crippen LogP contribution in [0, 0.1) is 5.92 Å². The molecule has 2 rings (SSSR count). The topological polar surface area (TPSA) is 56.7 Å². The largest absolute Gasteiger partial charge is 0.357 e. The maximum atomic E-state index is 12.0. The molecule has 1 amide bonds. The van der Waals surface area contributed by atoms with Crippen LogP contribution in [0.25, 0.3) is 0 Å². The molecule has 1 aromatic rings. The number of benzene rings is 1. The van der Waals surface area contributed by atoms with Crippen LogP contribution in [0.2, 0.25) is 0 Å². The number of nitrogens with one attached hydrogen (secondary N) is 2. The molecule has 1 aliphatic carbocycles. The predicted molar refractivity (Wildman–Crippen MR) is 120 cm³/mol. The first kappa shape index (κ1) is 22.7. The maximum Gasteiger partial charge on any atom is 0.253 e. The van der Waals surface area contributed by atoms with Gasteiger partial charge in [0, 0.05) is 39.3 Å². The van der Waals surface area contributed by atoms with Crippen molar-refractivity contribution >= 4 is 35.8 Å². The van der Waals surface area contributed by atoms with E-state index >= 15 is 0 Å². The van der Waals surface area contributed by atoms with E-state index in [4.69, 9.17) is 0 Å². The summed E-state index contributed by atoms with van der Waals surface area (Å²) < 4.78 is 0. The highest BCUT2D eigenvalue weighted by molar-refractivity contribution is 14.0. The van der Waals surface area contributed by atoms with E-state index in [9.17, 15) is 4.79 Å². The van der Waals surface area contributed by atoms with E-state index in [1.54, 1.807) is 19.0 Å². The Labute approximate surface area is 175 Å². The van der Waals surface area contributed by atoms with Crippen molar-refractivity contribution in [1.82, 2.24) is 15.5 Å². The average Bonchev–Trinajstić information content (AvgIpc) is 3.42. The molecule has 0 atom stereocenters. The second-order valence-corrected chi connectivity index (χ2v) is 6.92. The minimum absolute atomic E-state index is 0. The standard InChI is InChI=1S/C20H32N4O.HI/c1-4-21-20(22-13-6-8-16-10-11-16)23-14-12-17-7-5-9-18(15-17)19(25)24(2)3;/h5,7,9,15-16H,4,6,8,10-14H2,1-3H3,(H2,21,22,23);1H. The molecule has 26 heavy (non-hydrogen) atoms. The van der Waals surface area contributed by atoms with Gasteiger partial charge in [0.1, 0.15) is 0 Å². The van der Waals surface area contributed by atoms with Gasteiger partial charge in [0.15, 0.2) is 5.96 Å². The Bertz CT molecular complexity index is 585. The van der Waals surface area contributed by atoms with Crippen LogP contribution in [0.5, 0.6) is 0 Å². The first-order valence-electron chi connectivity index (χ1n) is 9.43. The number of rotatable bonds is 9. The number of amides is 1. The maximum absolute atomic E-state index is 12.0. The number of carbonyl (C=O) groups excluding carboxylic acids is 1. The van der Waals surface area contributed by atoms with Gasteiger partial charge in [-0.2, -0.15) is 0 Å². The Hall–Kier alpha value is -1.31. The van der Waals surface area contributed by atoms with Crippen LogP contribution in [0.1, 0.15) is 48.5 Å². The Morgan fingerprint density at radius 2 is 2.04 bits per heavy atom. The quantitative estimate of drug-likeness (QED) is 0.251. The summed E-state index contributed by atoms with van der Waals surface area (Å²) in [4.78, 5) is 18.3. The zero-order chi connectivity index (χ0) is 18.1. The molecule has 1 aromatic carbocycles. The SMILES string of the molecule is CCNC(=NCCCC1CC1)NCCc1cccc(C(=O)N(C)C)c1.I. The van der Waals surface area contributed by atoms with Crippen LogP contribution in [0.3, 0.4) is 0 Å². The van der Waals surface area contributed by atoms with Gasteiger partial charge in [-0.25, -0.2) is 0 Å². The predicted octanol–water partition coefficient (Wildman–Crippen LogP) is 3.29. The van der Waals surface area contributed by atoms with Gasteiger partial charge in [0.25, 0.3) is 5.91 Å². The van der Waals surface area contributed by atoms with Crippen LogP contribution in [-0.2, 0) is 6.42 Å². The van der Waals surface area contributed by atoms with Crippen molar-refractivity contribution in [2.45, 2.75) is 39.0 Å². The van der Waals surface area contributed by atoms with Crippen molar-refractivity contribution in [3.63, 3.8) is 0 Å². The minimum atomic E-state index is 0. The summed E-state index contributed by atoms with van der Waals surface area (Å²) in [6, 6.07) is 7.85. The lowest BCUT2D eigenvalue weighted by Crippen LogP contribution is -2.38. The van der Waals surface area contributed by atoms with Gasteiger partial charge in [-0.1, -0.05) is 25.0 Å². The van der Waals surface area contributed by atoms with Crippen molar-refractivity contribution in [1.29, 1.82) is 0 Å². The molecule has 1 saturated carbocycles. The molecule has 0 bridgehead atoms. The van der Waals surface area contributed by atoms with E-state index < -0.39 is 0 Å². The van der Waals surface area contributed by atoms with Gasteiger partial charge in [-0.3, -0.25) is 9.79 Å². The van der Waals surface area contributed by atoms with Crippen molar-refractivity contribution in [2.24, 2.45) is 10.9 Å². The van der Waals surface area contributed by atoms with Crippen molar-refractivity contribution < 1.29 is 4.79 Å². The van der Waals surface area contributed by atoms with Crippen LogP contribution in [-0.4, -0.2) is 50.5 Å². The summed E-state index contributed by atoms with van der Waals surface area (Å²) >= 11 is 0. The smallest absolute Gasteiger partial charge is 0.253 e. The van der Waals surface area contributed by atoms with Crippen LogP contribution in [0.15, 0.2) is 29.3 Å². The molecule has 1 aliphatic rings. The van der Waals surface area contributed by atoms with Crippen LogP contribution < -0.4 is 10.6 Å². The number of hydrogen-bond acceptors (Lipinski definition) is 2. The summed E-state index contributed by atoms with van der Waals surface area (Å²) in [5, 5.41) is 6.68. The molecular formula is C20H33IN4O. The van der Waals surface area contributed by atoms with E-state index in [0.717, 1.165) is 49.1 Å². The molecule has 0 radical (unpaired) electrons. The van der Waals surface area contributed by atoms with Crippen LogP contribution in [0.4, 0.5) is 0 Å². The minimum Gasteiger partial charge on any atom is -0.357 e. The summed E-state index contributed by atoms with van der Waals surface area (Å²) in [5.74, 6) is 1.90. The molecule has 0 unspecified atom stereocenters. The van der Waals surface area contributed by atoms with Gasteiger partial charge in [-0.15, -0.1) is 24.0 Å². The Balaban J connectivity index is 0.00000338. The van der Waals surface area contributed by atoms with E-state index in [1.165, 1.54) is 25.7 Å². The van der Waals surface area contributed by atoms with Crippen LogP contribution >= 0.6 is 24.0 Å². The van der Waals surface area contributed by atoms with Crippen molar-refractivity contribution in [3.8, 4) is 0 Å². The number of nitrogens with zero attached hydrogens (tertiary/aromatic N) is 2. The lowest BCUT2D eigenvalue weighted by molar-refractivity contribution is 0.0827. The number of hydrogen-bond donors (Lipinski definition) is 2. The monoisotopic (exact) mass is 472 g/mol. The van der Waals surface area contributed by atoms with Gasteiger partial charge in [-0.05, 0) is 49.8 Å². The van der Waals surface area contributed by atoms with E-state index in [-0.39, 0.29) is 29.9 Å². The highest BCUT2D eigenvalue weighted by Crippen LogP contribution is 2.33.